The molecule has 2 heterocycles. The normalized spacial score (nSPS) is 11.0. The number of anilines is 2. The summed E-state index contributed by atoms with van der Waals surface area (Å²) in [7, 11) is 0. The summed E-state index contributed by atoms with van der Waals surface area (Å²) in [5.74, 6) is 1.41. The van der Waals surface area contributed by atoms with Gasteiger partial charge < -0.3 is 15.8 Å². The zero-order valence-electron chi connectivity index (χ0n) is 16.0. The second-order valence-corrected chi connectivity index (χ2v) is 7.81. The maximum absolute atomic E-state index is 12.8. The Morgan fingerprint density at radius 1 is 1.17 bits per heavy atom. The maximum Gasteiger partial charge on any atom is 0.257 e. The lowest BCUT2D eigenvalue weighted by Crippen LogP contribution is -2.11. The van der Waals surface area contributed by atoms with Crippen molar-refractivity contribution in [2.75, 3.05) is 11.1 Å². The number of fused-ring (bicyclic) bond motifs is 1. The van der Waals surface area contributed by atoms with Crippen LogP contribution in [0.2, 0.25) is 0 Å². The van der Waals surface area contributed by atoms with Crippen LogP contribution in [-0.2, 0) is 0 Å². The first-order valence-corrected chi connectivity index (χ1v) is 10.1. The third kappa shape index (κ3) is 4.20. The molecule has 0 saturated carbocycles. The number of hydrogen-bond acceptors (Lipinski definition) is 6. The fraction of sp³-hybridized carbons (Fsp3) is 0.136. The molecule has 0 fully saturated rings. The zero-order chi connectivity index (χ0) is 20.4. The number of nitrogens with one attached hydrogen (secondary N) is 1. The van der Waals surface area contributed by atoms with Gasteiger partial charge in [-0.3, -0.25) is 4.79 Å². The Morgan fingerprint density at radius 3 is 2.83 bits per heavy atom. The fourth-order valence-corrected chi connectivity index (χ4v) is 3.92. The lowest BCUT2D eigenvalue weighted by molar-refractivity contribution is 0.102. The van der Waals surface area contributed by atoms with Crippen molar-refractivity contribution in [3.05, 3.63) is 71.2 Å². The van der Waals surface area contributed by atoms with Gasteiger partial charge in [0.1, 0.15) is 5.75 Å². The van der Waals surface area contributed by atoms with Gasteiger partial charge in [0.2, 0.25) is 11.8 Å². The van der Waals surface area contributed by atoms with E-state index in [4.69, 9.17) is 10.5 Å². The van der Waals surface area contributed by atoms with E-state index in [1.54, 1.807) is 6.07 Å². The number of rotatable bonds is 5. The summed E-state index contributed by atoms with van der Waals surface area (Å²) in [5, 5.41) is 5.73. The van der Waals surface area contributed by atoms with Crippen LogP contribution in [0.5, 0.6) is 11.6 Å². The number of nitrogen functional groups attached to an aromatic ring is 1. The van der Waals surface area contributed by atoms with Crippen LogP contribution in [0.3, 0.4) is 0 Å². The first-order chi connectivity index (χ1) is 14.0. The molecule has 0 aliphatic rings. The average Bonchev–Trinajstić information content (AvgIpc) is 3.11. The number of benzene rings is 2. The summed E-state index contributed by atoms with van der Waals surface area (Å²) < 4.78 is 6.69. The van der Waals surface area contributed by atoms with E-state index in [2.05, 4.69) is 35.2 Å². The minimum absolute atomic E-state index is 0.130. The number of thiophene rings is 1. The minimum atomic E-state index is -0.130. The second kappa shape index (κ2) is 7.89. The maximum atomic E-state index is 12.8. The van der Waals surface area contributed by atoms with Crippen LogP contribution in [0.25, 0.3) is 10.1 Å². The van der Waals surface area contributed by atoms with Crippen LogP contribution in [0, 0.1) is 0 Å². The standard InChI is InChI=1S/C22H20N4O2S/c1-13(2)14-4-3-5-15(10-14)25-21(27)18-12-29-19-11-16(6-7-17(18)19)28-20-8-9-24-22(23)26-20/h3-13H,1-2H3,(H,25,27)(H2,23,24,26). The average molecular weight is 404 g/mol. The van der Waals surface area contributed by atoms with E-state index in [0.29, 0.717) is 23.1 Å². The molecule has 0 unspecified atom stereocenters. The molecule has 2 aromatic carbocycles. The molecule has 29 heavy (non-hydrogen) atoms. The molecule has 0 radical (unpaired) electrons. The summed E-state index contributed by atoms with van der Waals surface area (Å²) >= 11 is 1.49. The number of amides is 1. The van der Waals surface area contributed by atoms with E-state index < -0.39 is 0 Å². The van der Waals surface area contributed by atoms with E-state index in [-0.39, 0.29) is 11.9 Å². The van der Waals surface area contributed by atoms with Gasteiger partial charge in [-0.1, -0.05) is 26.0 Å². The molecule has 2 aromatic heterocycles. The number of nitrogens with zero attached hydrogens (tertiary/aromatic N) is 2. The largest absolute Gasteiger partial charge is 0.439 e. The predicted molar refractivity (Wildman–Crippen MR) is 117 cm³/mol. The molecular weight excluding hydrogens is 384 g/mol. The summed E-state index contributed by atoms with van der Waals surface area (Å²) in [6.07, 6.45) is 1.54. The Labute approximate surface area is 172 Å². The first-order valence-electron chi connectivity index (χ1n) is 9.18. The Bertz CT molecular complexity index is 1190. The highest BCUT2D eigenvalue weighted by atomic mass is 32.1. The van der Waals surface area contributed by atoms with Gasteiger partial charge in [0.25, 0.3) is 5.91 Å². The summed E-state index contributed by atoms with van der Waals surface area (Å²) in [6.45, 7) is 4.26. The lowest BCUT2D eigenvalue weighted by atomic mass is 10.0. The minimum Gasteiger partial charge on any atom is -0.439 e. The van der Waals surface area contributed by atoms with E-state index in [1.165, 1.54) is 23.1 Å². The molecule has 1 amide bonds. The molecule has 4 rings (SSSR count). The van der Waals surface area contributed by atoms with Crippen molar-refractivity contribution < 1.29 is 9.53 Å². The van der Waals surface area contributed by atoms with E-state index in [9.17, 15) is 4.79 Å². The van der Waals surface area contributed by atoms with E-state index >= 15 is 0 Å². The van der Waals surface area contributed by atoms with Crippen molar-refractivity contribution in [3.63, 3.8) is 0 Å². The summed E-state index contributed by atoms with van der Waals surface area (Å²) in [6, 6.07) is 15.1. The molecular formula is C22H20N4O2S. The van der Waals surface area contributed by atoms with Crippen molar-refractivity contribution in [2.45, 2.75) is 19.8 Å². The highest BCUT2D eigenvalue weighted by Crippen LogP contribution is 2.32. The zero-order valence-corrected chi connectivity index (χ0v) is 16.9. The van der Waals surface area contributed by atoms with Crippen molar-refractivity contribution in [1.82, 2.24) is 9.97 Å². The molecule has 146 valence electrons. The van der Waals surface area contributed by atoms with Gasteiger partial charge in [0, 0.05) is 33.4 Å². The quantitative estimate of drug-likeness (QED) is 0.462. The number of nitrogens with two attached hydrogens (primary N) is 1. The van der Waals surface area contributed by atoms with Crippen LogP contribution in [0.1, 0.15) is 35.7 Å². The molecule has 0 aliphatic carbocycles. The van der Waals surface area contributed by atoms with Crippen molar-refractivity contribution in [3.8, 4) is 11.6 Å². The van der Waals surface area contributed by atoms with Crippen LogP contribution in [0.4, 0.5) is 11.6 Å². The third-order valence-electron chi connectivity index (χ3n) is 4.47. The number of ether oxygens (including phenoxy) is 1. The van der Waals surface area contributed by atoms with Gasteiger partial charge in [-0.2, -0.15) is 4.98 Å². The van der Waals surface area contributed by atoms with Gasteiger partial charge in [-0.25, -0.2) is 4.98 Å². The number of carbonyl (C=O) groups excluding carboxylic acids is 1. The SMILES string of the molecule is CC(C)c1cccc(NC(=O)c2csc3cc(Oc4ccnc(N)n4)ccc23)c1. The number of aromatic nitrogens is 2. The molecule has 7 heteroatoms. The van der Waals surface area contributed by atoms with Crippen LogP contribution >= 0.6 is 11.3 Å². The van der Waals surface area contributed by atoms with E-state index in [0.717, 1.165) is 15.8 Å². The molecule has 0 bridgehead atoms. The first kappa shape index (κ1) is 18.9. The van der Waals surface area contributed by atoms with Crippen molar-refractivity contribution >= 4 is 39.0 Å². The second-order valence-electron chi connectivity index (χ2n) is 6.90. The third-order valence-corrected chi connectivity index (χ3v) is 5.42. The highest BCUT2D eigenvalue weighted by molar-refractivity contribution is 7.17. The van der Waals surface area contributed by atoms with E-state index in [1.807, 2.05) is 41.8 Å². The number of hydrogen-bond donors (Lipinski definition) is 2. The highest BCUT2D eigenvalue weighted by Gasteiger charge is 2.14. The van der Waals surface area contributed by atoms with Gasteiger partial charge in [-0.05, 0) is 41.8 Å². The van der Waals surface area contributed by atoms with Crippen LogP contribution in [-0.4, -0.2) is 15.9 Å². The topological polar surface area (TPSA) is 90.1 Å². The van der Waals surface area contributed by atoms with Crippen LogP contribution in [0.15, 0.2) is 60.1 Å². The predicted octanol–water partition coefficient (Wildman–Crippen LogP) is 5.44. The summed E-state index contributed by atoms with van der Waals surface area (Å²) in [4.78, 5) is 20.7. The van der Waals surface area contributed by atoms with Gasteiger partial charge in [-0.15, -0.1) is 11.3 Å². The van der Waals surface area contributed by atoms with Gasteiger partial charge in [0.05, 0.1) is 5.56 Å². The van der Waals surface area contributed by atoms with Gasteiger partial charge >= 0.3 is 0 Å². The Kier molecular flexibility index (Phi) is 5.14. The number of carbonyl (C=O) groups is 1. The summed E-state index contributed by atoms with van der Waals surface area (Å²) in [5.41, 5.74) is 8.20. The lowest BCUT2D eigenvalue weighted by Gasteiger charge is -2.09. The molecule has 3 N–H and O–H groups in total. The fourth-order valence-electron chi connectivity index (χ4n) is 2.96. The molecule has 0 aliphatic heterocycles. The Hall–Kier alpha value is -3.45. The Balaban J connectivity index is 1.55. The van der Waals surface area contributed by atoms with Crippen molar-refractivity contribution in [1.29, 1.82) is 0 Å². The van der Waals surface area contributed by atoms with Gasteiger partial charge in [0.15, 0.2) is 0 Å². The smallest absolute Gasteiger partial charge is 0.257 e. The monoisotopic (exact) mass is 404 g/mol. The molecule has 4 aromatic rings. The van der Waals surface area contributed by atoms with Crippen molar-refractivity contribution in [2.24, 2.45) is 0 Å². The molecule has 0 saturated heterocycles. The Morgan fingerprint density at radius 2 is 2.03 bits per heavy atom. The van der Waals surface area contributed by atoms with Crippen LogP contribution < -0.4 is 15.8 Å². The molecule has 0 atom stereocenters. The molecule has 0 spiro atoms. The molecule has 6 nitrogen and oxygen atoms in total.